The Hall–Kier alpha value is -2.01. The molecule has 0 saturated heterocycles. The Morgan fingerprint density at radius 1 is 1.18 bits per heavy atom. The summed E-state index contributed by atoms with van der Waals surface area (Å²) < 4.78 is 21.4. The highest BCUT2D eigenvalue weighted by Gasteiger charge is 2.18. The van der Waals surface area contributed by atoms with Crippen molar-refractivity contribution in [2.75, 3.05) is 0 Å². The number of aromatic nitrogens is 1. The maximum atomic E-state index is 11.9. The van der Waals surface area contributed by atoms with Crippen LogP contribution in [0.4, 0.5) is 0 Å². The van der Waals surface area contributed by atoms with E-state index in [1.54, 1.807) is 12.4 Å². The SMILES string of the molecule is Cc1ccc(Oc2cccc(/C=N/[S@](=O)C(C)(C)C)c2)cn1. The van der Waals surface area contributed by atoms with Crippen molar-refractivity contribution in [3.8, 4) is 11.5 Å². The molecule has 0 amide bonds. The van der Waals surface area contributed by atoms with E-state index in [0.717, 1.165) is 11.3 Å². The Morgan fingerprint density at radius 2 is 1.95 bits per heavy atom. The maximum absolute atomic E-state index is 11.9. The largest absolute Gasteiger partial charge is 0.456 e. The first-order chi connectivity index (χ1) is 10.3. The van der Waals surface area contributed by atoms with E-state index in [9.17, 15) is 4.21 Å². The van der Waals surface area contributed by atoms with Gasteiger partial charge in [-0.25, -0.2) is 4.21 Å². The van der Waals surface area contributed by atoms with Crippen molar-refractivity contribution in [3.63, 3.8) is 0 Å². The third-order valence-corrected chi connectivity index (χ3v) is 4.14. The molecule has 1 heterocycles. The van der Waals surface area contributed by atoms with Gasteiger partial charge in [0.05, 0.1) is 10.9 Å². The summed E-state index contributed by atoms with van der Waals surface area (Å²) >= 11 is 0. The summed E-state index contributed by atoms with van der Waals surface area (Å²) in [6, 6.07) is 11.2. The molecule has 0 saturated carbocycles. The fourth-order valence-electron chi connectivity index (χ4n) is 1.58. The van der Waals surface area contributed by atoms with Crippen LogP contribution < -0.4 is 4.74 Å². The van der Waals surface area contributed by atoms with Gasteiger partial charge in [0.25, 0.3) is 0 Å². The lowest BCUT2D eigenvalue weighted by Gasteiger charge is -2.12. The van der Waals surface area contributed by atoms with Crippen molar-refractivity contribution in [3.05, 3.63) is 53.9 Å². The Morgan fingerprint density at radius 3 is 2.59 bits per heavy atom. The Kier molecular flexibility index (Phi) is 5.08. The second kappa shape index (κ2) is 6.83. The minimum absolute atomic E-state index is 0.363. The third-order valence-electron chi connectivity index (χ3n) is 2.80. The highest BCUT2D eigenvalue weighted by Crippen LogP contribution is 2.21. The molecule has 2 aromatic rings. The standard InChI is InChI=1S/C17H20N2O2S/c1-13-8-9-16(12-18-13)21-15-7-5-6-14(10-15)11-19-22(20)17(2,3)4/h5-12H,1-4H3/b19-11+/t22-/m1/s1. The number of ether oxygens (including phenoxy) is 1. The van der Waals surface area contributed by atoms with Crippen LogP contribution in [0.25, 0.3) is 0 Å². The van der Waals surface area contributed by atoms with Gasteiger partial charge in [-0.3, -0.25) is 4.98 Å². The molecule has 0 fully saturated rings. The van der Waals surface area contributed by atoms with Gasteiger partial charge in [-0.2, -0.15) is 4.40 Å². The molecule has 116 valence electrons. The average Bonchev–Trinajstić information content (AvgIpc) is 2.46. The van der Waals surface area contributed by atoms with Crippen LogP contribution in [-0.2, 0) is 11.0 Å². The van der Waals surface area contributed by atoms with Crippen LogP contribution in [0.3, 0.4) is 0 Å². The van der Waals surface area contributed by atoms with Gasteiger partial charge >= 0.3 is 0 Å². The second-order valence-electron chi connectivity index (χ2n) is 5.91. The number of nitrogens with zero attached hydrogens (tertiary/aromatic N) is 2. The van der Waals surface area contributed by atoms with Gasteiger partial charge in [-0.1, -0.05) is 12.1 Å². The third kappa shape index (κ3) is 4.77. The van der Waals surface area contributed by atoms with Crippen molar-refractivity contribution >= 4 is 17.2 Å². The first kappa shape index (κ1) is 16.4. The van der Waals surface area contributed by atoms with Gasteiger partial charge in [0.2, 0.25) is 0 Å². The fraction of sp³-hybridized carbons (Fsp3) is 0.294. The molecular formula is C17H20N2O2S. The molecule has 4 nitrogen and oxygen atoms in total. The van der Waals surface area contributed by atoms with Gasteiger partial charge in [0.1, 0.15) is 22.5 Å². The van der Waals surface area contributed by atoms with Gasteiger partial charge in [-0.15, -0.1) is 0 Å². The maximum Gasteiger partial charge on any atom is 0.145 e. The molecule has 1 aromatic heterocycles. The molecule has 5 heteroatoms. The lowest BCUT2D eigenvalue weighted by Crippen LogP contribution is -2.19. The summed E-state index contributed by atoms with van der Waals surface area (Å²) in [5.41, 5.74) is 1.79. The molecule has 0 radical (unpaired) electrons. The zero-order chi connectivity index (χ0) is 16.2. The van der Waals surface area contributed by atoms with E-state index in [-0.39, 0.29) is 4.75 Å². The second-order valence-corrected chi connectivity index (χ2v) is 7.84. The molecule has 1 aromatic carbocycles. The highest BCUT2D eigenvalue weighted by molar-refractivity contribution is 7.85. The molecule has 0 unspecified atom stereocenters. The normalized spacial score (nSPS) is 13.3. The van der Waals surface area contributed by atoms with E-state index in [1.807, 2.05) is 64.1 Å². The number of benzene rings is 1. The molecular weight excluding hydrogens is 296 g/mol. The van der Waals surface area contributed by atoms with Crippen molar-refractivity contribution in [2.24, 2.45) is 4.40 Å². The zero-order valence-electron chi connectivity index (χ0n) is 13.2. The van der Waals surface area contributed by atoms with Gasteiger partial charge in [0.15, 0.2) is 0 Å². The quantitative estimate of drug-likeness (QED) is 0.799. The van der Waals surface area contributed by atoms with Crippen LogP contribution in [0, 0.1) is 6.92 Å². The average molecular weight is 316 g/mol. The zero-order valence-corrected chi connectivity index (χ0v) is 14.1. The van der Waals surface area contributed by atoms with E-state index >= 15 is 0 Å². The van der Waals surface area contributed by atoms with Crippen LogP contribution in [0.15, 0.2) is 47.0 Å². The Bertz CT molecular complexity index is 689. The molecule has 2 rings (SSSR count). The molecule has 0 spiro atoms. The van der Waals surface area contributed by atoms with E-state index in [0.29, 0.717) is 11.5 Å². The number of aryl methyl sites for hydroxylation is 1. The van der Waals surface area contributed by atoms with Crippen molar-refractivity contribution in [1.82, 2.24) is 4.98 Å². The Labute approximate surface area is 133 Å². The van der Waals surface area contributed by atoms with Crippen LogP contribution in [0.5, 0.6) is 11.5 Å². The summed E-state index contributed by atoms with van der Waals surface area (Å²) in [6.07, 6.45) is 3.30. The predicted octanol–water partition coefficient (Wildman–Crippen LogP) is 4.06. The van der Waals surface area contributed by atoms with Crippen LogP contribution in [-0.4, -0.2) is 20.2 Å². The van der Waals surface area contributed by atoms with E-state index in [4.69, 9.17) is 4.74 Å². The van der Waals surface area contributed by atoms with Crippen molar-refractivity contribution in [2.45, 2.75) is 32.4 Å². The van der Waals surface area contributed by atoms with E-state index < -0.39 is 11.0 Å². The molecule has 22 heavy (non-hydrogen) atoms. The van der Waals surface area contributed by atoms with Crippen molar-refractivity contribution in [1.29, 1.82) is 0 Å². The molecule has 1 atom stereocenters. The first-order valence-electron chi connectivity index (χ1n) is 7.01. The molecule has 0 aliphatic rings. The van der Waals surface area contributed by atoms with Crippen LogP contribution in [0.1, 0.15) is 32.0 Å². The lowest BCUT2D eigenvalue weighted by molar-refractivity contribution is 0.480. The van der Waals surface area contributed by atoms with E-state index in [1.165, 1.54) is 0 Å². The van der Waals surface area contributed by atoms with Crippen molar-refractivity contribution < 1.29 is 8.95 Å². The minimum atomic E-state index is -1.27. The minimum Gasteiger partial charge on any atom is -0.456 e. The summed E-state index contributed by atoms with van der Waals surface area (Å²) in [5, 5.41) is 0. The number of hydrogen-bond acceptors (Lipinski definition) is 3. The topological polar surface area (TPSA) is 51.5 Å². The molecule has 0 bridgehead atoms. The fourth-order valence-corrected chi connectivity index (χ4v) is 2.11. The number of hydrogen-bond donors (Lipinski definition) is 0. The first-order valence-corrected chi connectivity index (χ1v) is 8.12. The Balaban J connectivity index is 2.11. The molecule has 0 aliphatic carbocycles. The predicted molar refractivity (Wildman–Crippen MR) is 91.0 cm³/mol. The lowest BCUT2D eigenvalue weighted by atomic mass is 10.2. The summed E-state index contributed by atoms with van der Waals surface area (Å²) in [5.74, 6) is 1.37. The van der Waals surface area contributed by atoms with Gasteiger partial charge < -0.3 is 4.74 Å². The monoisotopic (exact) mass is 316 g/mol. The number of pyridine rings is 1. The number of rotatable bonds is 4. The van der Waals surface area contributed by atoms with Crippen LogP contribution >= 0.6 is 0 Å². The van der Waals surface area contributed by atoms with Gasteiger partial charge in [-0.05, 0) is 57.5 Å². The van der Waals surface area contributed by atoms with Crippen LogP contribution in [0.2, 0.25) is 0 Å². The highest BCUT2D eigenvalue weighted by atomic mass is 32.2. The van der Waals surface area contributed by atoms with E-state index in [2.05, 4.69) is 9.38 Å². The smallest absolute Gasteiger partial charge is 0.145 e. The van der Waals surface area contributed by atoms with Gasteiger partial charge in [0, 0.05) is 11.9 Å². The molecule has 0 aliphatic heterocycles. The summed E-state index contributed by atoms with van der Waals surface area (Å²) in [6.45, 7) is 7.61. The molecule has 0 N–H and O–H groups in total. The summed E-state index contributed by atoms with van der Waals surface area (Å²) in [7, 11) is -1.27. The summed E-state index contributed by atoms with van der Waals surface area (Å²) in [4.78, 5) is 4.19.